The van der Waals surface area contributed by atoms with Crippen LogP contribution in [0, 0.1) is 9.49 Å². The van der Waals surface area contributed by atoms with Gasteiger partial charge >= 0.3 is 0 Å². The number of hydrogen-bond donors (Lipinski definition) is 1. The number of rotatable bonds is 5. The highest BCUT2D eigenvalue weighted by atomic mass is 127. The van der Waals surface area contributed by atoms with E-state index in [0.717, 1.165) is 9.32 Å². The number of hydrogen-bond acceptors (Lipinski definition) is 2. The Bertz CT molecular complexity index is 379. The molecule has 4 heteroatoms. The Hall–Kier alpha value is -0.780. The van der Waals surface area contributed by atoms with E-state index in [1.54, 1.807) is 6.92 Å². The molecule has 1 rings (SSSR count). The van der Waals surface area contributed by atoms with E-state index >= 15 is 0 Å². The van der Waals surface area contributed by atoms with Gasteiger partial charge < -0.3 is 10.1 Å². The maximum absolute atomic E-state index is 11.7. The second-order valence-electron chi connectivity index (χ2n) is 4.33. The van der Waals surface area contributed by atoms with Crippen molar-refractivity contribution < 1.29 is 9.53 Å². The Balaban J connectivity index is 2.51. The molecule has 0 saturated heterocycles. The molecule has 1 unspecified atom stereocenters. The molecule has 0 bridgehead atoms. The van der Waals surface area contributed by atoms with E-state index in [0.29, 0.717) is 12.5 Å². The van der Waals surface area contributed by atoms with Gasteiger partial charge in [0.15, 0.2) is 6.10 Å². The maximum Gasteiger partial charge on any atom is 0.260 e. The number of para-hydroxylation sites is 1. The standard InChI is InChI=1S/C13H18INO2/c1-9(2)8-15-13(16)10(3)17-12-7-5-4-6-11(12)14/h4-7,9-10H,8H2,1-3H3,(H,15,16). The molecule has 0 aromatic heterocycles. The summed E-state index contributed by atoms with van der Waals surface area (Å²) >= 11 is 2.19. The van der Waals surface area contributed by atoms with Crippen molar-refractivity contribution in [2.45, 2.75) is 26.9 Å². The number of ether oxygens (including phenoxy) is 1. The van der Waals surface area contributed by atoms with Gasteiger partial charge in [0.05, 0.1) is 3.57 Å². The maximum atomic E-state index is 11.7. The molecule has 1 N–H and O–H groups in total. The lowest BCUT2D eigenvalue weighted by atomic mass is 10.2. The van der Waals surface area contributed by atoms with Crippen molar-refractivity contribution in [3.63, 3.8) is 0 Å². The van der Waals surface area contributed by atoms with E-state index in [9.17, 15) is 4.79 Å². The minimum Gasteiger partial charge on any atom is -0.480 e. The van der Waals surface area contributed by atoms with Crippen molar-refractivity contribution in [1.82, 2.24) is 5.32 Å². The van der Waals surface area contributed by atoms with E-state index in [-0.39, 0.29) is 5.91 Å². The molecule has 0 aliphatic heterocycles. The van der Waals surface area contributed by atoms with Crippen LogP contribution in [0.1, 0.15) is 20.8 Å². The van der Waals surface area contributed by atoms with E-state index < -0.39 is 6.10 Å². The van der Waals surface area contributed by atoms with Crippen LogP contribution in [-0.2, 0) is 4.79 Å². The zero-order valence-corrected chi connectivity index (χ0v) is 12.5. The third kappa shape index (κ3) is 4.93. The first-order chi connectivity index (χ1) is 8.00. The van der Waals surface area contributed by atoms with Gasteiger partial charge in [-0.05, 0) is 47.6 Å². The summed E-state index contributed by atoms with van der Waals surface area (Å²) in [7, 11) is 0. The van der Waals surface area contributed by atoms with Gasteiger partial charge in [-0.3, -0.25) is 4.79 Å². The Morgan fingerprint density at radius 1 is 1.35 bits per heavy atom. The summed E-state index contributed by atoms with van der Waals surface area (Å²) < 4.78 is 6.63. The van der Waals surface area contributed by atoms with Gasteiger partial charge in [0.1, 0.15) is 5.75 Å². The molecule has 0 saturated carbocycles. The summed E-state index contributed by atoms with van der Waals surface area (Å²) in [4.78, 5) is 11.7. The summed E-state index contributed by atoms with van der Waals surface area (Å²) in [6.45, 7) is 6.56. The molecule has 0 fully saturated rings. The second-order valence-corrected chi connectivity index (χ2v) is 5.49. The average Bonchev–Trinajstić information content (AvgIpc) is 2.28. The predicted molar refractivity (Wildman–Crippen MR) is 77.1 cm³/mol. The number of halogens is 1. The smallest absolute Gasteiger partial charge is 0.260 e. The lowest BCUT2D eigenvalue weighted by Crippen LogP contribution is -2.38. The van der Waals surface area contributed by atoms with Crippen molar-refractivity contribution in [3.05, 3.63) is 27.8 Å². The first-order valence-electron chi connectivity index (χ1n) is 5.69. The normalized spacial score (nSPS) is 12.3. The van der Waals surface area contributed by atoms with Crippen molar-refractivity contribution >= 4 is 28.5 Å². The average molecular weight is 347 g/mol. The predicted octanol–water partition coefficient (Wildman–Crippen LogP) is 2.83. The second kappa shape index (κ2) is 6.83. The largest absolute Gasteiger partial charge is 0.480 e. The van der Waals surface area contributed by atoms with Gasteiger partial charge in [-0.1, -0.05) is 26.0 Å². The highest BCUT2D eigenvalue weighted by Gasteiger charge is 2.15. The van der Waals surface area contributed by atoms with Gasteiger partial charge in [0.25, 0.3) is 5.91 Å². The number of benzene rings is 1. The van der Waals surface area contributed by atoms with Crippen molar-refractivity contribution in [3.8, 4) is 5.75 Å². The monoisotopic (exact) mass is 347 g/mol. The summed E-state index contributed by atoms with van der Waals surface area (Å²) in [5, 5.41) is 2.86. The molecule has 0 aliphatic rings. The van der Waals surface area contributed by atoms with Crippen molar-refractivity contribution in [2.24, 2.45) is 5.92 Å². The Kier molecular flexibility index (Phi) is 5.74. The first-order valence-corrected chi connectivity index (χ1v) is 6.77. The van der Waals surface area contributed by atoms with Crippen LogP contribution in [0.3, 0.4) is 0 Å². The fourth-order valence-corrected chi connectivity index (χ4v) is 1.75. The van der Waals surface area contributed by atoms with Crippen LogP contribution in [0.4, 0.5) is 0 Å². The van der Waals surface area contributed by atoms with E-state index in [1.807, 2.05) is 24.3 Å². The highest BCUT2D eigenvalue weighted by molar-refractivity contribution is 14.1. The lowest BCUT2D eigenvalue weighted by Gasteiger charge is -2.16. The zero-order chi connectivity index (χ0) is 12.8. The van der Waals surface area contributed by atoms with Crippen molar-refractivity contribution in [2.75, 3.05) is 6.54 Å². The summed E-state index contributed by atoms with van der Waals surface area (Å²) in [6, 6.07) is 7.66. The molecule has 94 valence electrons. The topological polar surface area (TPSA) is 38.3 Å². The fourth-order valence-electron chi connectivity index (χ4n) is 1.23. The molecule has 0 radical (unpaired) electrons. The molecule has 1 aromatic rings. The Labute approximate surface area is 116 Å². The van der Waals surface area contributed by atoms with Crippen LogP contribution in [-0.4, -0.2) is 18.6 Å². The lowest BCUT2D eigenvalue weighted by molar-refractivity contribution is -0.127. The molecule has 17 heavy (non-hydrogen) atoms. The summed E-state index contributed by atoms with van der Waals surface area (Å²) in [5.41, 5.74) is 0. The third-order valence-electron chi connectivity index (χ3n) is 2.19. The van der Waals surface area contributed by atoms with Crippen LogP contribution in [0.25, 0.3) is 0 Å². The van der Waals surface area contributed by atoms with Gasteiger partial charge in [-0.15, -0.1) is 0 Å². The van der Waals surface area contributed by atoms with Gasteiger partial charge in [-0.25, -0.2) is 0 Å². The van der Waals surface area contributed by atoms with E-state index in [1.165, 1.54) is 0 Å². The van der Waals surface area contributed by atoms with Crippen LogP contribution < -0.4 is 10.1 Å². The number of carbonyl (C=O) groups is 1. The highest BCUT2D eigenvalue weighted by Crippen LogP contribution is 2.20. The first kappa shape index (κ1) is 14.3. The molecule has 0 heterocycles. The zero-order valence-electron chi connectivity index (χ0n) is 10.4. The summed E-state index contributed by atoms with van der Waals surface area (Å²) in [6.07, 6.45) is -0.468. The van der Waals surface area contributed by atoms with E-state index in [4.69, 9.17) is 4.74 Å². The van der Waals surface area contributed by atoms with Crippen LogP contribution in [0.5, 0.6) is 5.75 Å². The van der Waals surface area contributed by atoms with Crippen LogP contribution >= 0.6 is 22.6 Å². The summed E-state index contributed by atoms with van der Waals surface area (Å²) in [5.74, 6) is 1.13. The molecule has 1 amide bonds. The quantitative estimate of drug-likeness (QED) is 0.832. The minimum atomic E-state index is -0.468. The van der Waals surface area contributed by atoms with Gasteiger partial charge in [0.2, 0.25) is 0 Å². The molecular weight excluding hydrogens is 329 g/mol. The molecular formula is C13H18INO2. The van der Waals surface area contributed by atoms with Gasteiger partial charge in [0, 0.05) is 6.54 Å². The van der Waals surface area contributed by atoms with Crippen LogP contribution in [0.2, 0.25) is 0 Å². The molecule has 0 aliphatic carbocycles. The molecule has 0 spiro atoms. The van der Waals surface area contributed by atoms with Crippen LogP contribution in [0.15, 0.2) is 24.3 Å². The molecule has 3 nitrogen and oxygen atoms in total. The SMILES string of the molecule is CC(C)CNC(=O)C(C)Oc1ccccc1I. The third-order valence-corrected chi connectivity index (χ3v) is 3.09. The Morgan fingerprint density at radius 3 is 2.59 bits per heavy atom. The number of nitrogens with one attached hydrogen (secondary N) is 1. The number of amides is 1. The van der Waals surface area contributed by atoms with E-state index in [2.05, 4.69) is 41.8 Å². The molecule has 1 aromatic carbocycles. The Morgan fingerprint density at radius 2 is 2.00 bits per heavy atom. The van der Waals surface area contributed by atoms with Gasteiger partial charge in [-0.2, -0.15) is 0 Å². The fraction of sp³-hybridized carbons (Fsp3) is 0.462. The minimum absolute atomic E-state index is 0.0710. The molecule has 1 atom stereocenters. The van der Waals surface area contributed by atoms with Crippen molar-refractivity contribution in [1.29, 1.82) is 0 Å². The number of carbonyl (C=O) groups excluding carboxylic acids is 1.